The Morgan fingerprint density at radius 1 is 1.04 bits per heavy atom. The summed E-state index contributed by atoms with van der Waals surface area (Å²) in [6.45, 7) is 0. The van der Waals surface area contributed by atoms with Crippen LogP contribution in [0.5, 0.6) is 11.5 Å². The van der Waals surface area contributed by atoms with Gasteiger partial charge in [0.15, 0.2) is 11.6 Å². The molecule has 6 heteroatoms. The Morgan fingerprint density at radius 2 is 1.87 bits per heavy atom. The molecule has 0 saturated carbocycles. The second-order valence-corrected chi connectivity index (χ2v) is 6.08. The van der Waals surface area contributed by atoms with Crippen LogP contribution in [0.15, 0.2) is 46.6 Å². The number of nitrogens with one attached hydrogen (secondary N) is 1. The van der Waals surface area contributed by atoms with Crippen molar-refractivity contribution in [3.63, 3.8) is 0 Å². The standard InChI is InChI=1S/C17H10FNO3S/c18-10-2-1-8(7-13(10)21)14-12(20)4-3-11-15(14)9-5-6-23-16(9)17(22)19-11/h1-7,20-21H,(H,19,22). The van der Waals surface area contributed by atoms with Crippen molar-refractivity contribution in [2.24, 2.45) is 0 Å². The smallest absolute Gasteiger partial charge is 0.266 e. The van der Waals surface area contributed by atoms with Crippen LogP contribution in [-0.4, -0.2) is 15.2 Å². The highest BCUT2D eigenvalue weighted by molar-refractivity contribution is 7.17. The Kier molecular flexibility index (Phi) is 2.89. The van der Waals surface area contributed by atoms with Gasteiger partial charge in [-0.1, -0.05) is 6.07 Å². The lowest BCUT2D eigenvalue weighted by atomic mass is 9.97. The second-order valence-electron chi connectivity index (χ2n) is 5.17. The van der Waals surface area contributed by atoms with Gasteiger partial charge in [-0.25, -0.2) is 4.39 Å². The molecule has 0 amide bonds. The summed E-state index contributed by atoms with van der Waals surface area (Å²) in [6.07, 6.45) is 0. The quantitative estimate of drug-likeness (QED) is 0.495. The summed E-state index contributed by atoms with van der Waals surface area (Å²) in [7, 11) is 0. The zero-order valence-corrected chi connectivity index (χ0v) is 12.4. The number of pyridine rings is 1. The third kappa shape index (κ3) is 1.99. The molecule has 0 aliphatic rings. The van der Waals surface area contributed by atoms with E-state index in [2.05, 4.69) is 4.98 Å². The molecule has 23 heavy (non-hydrogen) atoms. The number of aromatic amines is 1. The summed E-state index contributed by atoms with van der Waals surface area (Å²) in [6, 6.07) is 8.77. The predicted molar refractivity (Wildman–Crippen MR) is 88.7 cm³/mol. The van der Waals surface area contributed by atoms with Crippen LogP contribution in [0.1, 0.15) is 0 Å². The van der Waals surface area contributed by atoms with E-state index in [4.69, 9.17) is 0 Å². The predicted octanol–water partition coefficient (Wildman–Crippen LogP) is 3.96. The molecule has 0 fully saturated rings. The number of halogens is 1. The van der Waals surface area contributed by atoms with E-state index in [0.717, 1.165) is 6.07 Å². The minimum absolute atomic E-state index is 0.0111. The molecule has 114 valence electrons. The molecule has 0 aliphatic carbocycles. The van der Waals surface area contributed by atoms with Gasteiger partial charge >= 0.3 is 0 Å². The maximum atomic E-state index is 13.3. The molecule has 0 atom stereocenters. The lowest BCUT2D eigenvalue weighted by Crippen LogP contribution is -2.04. The van der Waals surface area contributed by atoms with E-state index in [9.17, 15) is 19.4 Å². The number of hydrogen-bond acceptors (Lipinski definition) is 4. The number of fused-ring (bicyclic) bond motifs is 3. The van der Waals surface area contributed by atoms with E-state index in [1.807, 2.05) is 6.07 Å². The van der Waals surface area contributed by atoms with Crippen molar-refractivity contribution in [1.82, 2.24) is 4.98 Å². The molecule has 0 aliphatic heterocycles. The number of rotatable bonds is 1. The summed E-state index contributed by atoms with van der Waals surface area (Å²) >= 11 is 1.31. The molecule has 0 saturated heterocycles. The molecule has 2 aromatic heterocycles. The topological polar surface area (TPSA) is 73.3 Å². The van der Waals surface area contributed by atoms with Crippen LogP contribution in [0.4, 0.5) is 4.39 Å². The normalized spacial score (nSPS) is 11.3. The molecule has 4 rings (SSSR count). The number of hydrogen-bond donors (Lipinski definition) is 3. The minimum atomic E-state index is -0.734. The van der Waals surface area contributed by atoms with Crippen LogP contribution in [-0.2, 0) is 0 Å². The highest BCUT2D eigenvalue weighted by Crippen LogP contribution is 2.40. The van der Waals surface area contributed by atoms with Crippen LogP contribution in [0.3, 0.4) is 0 Å². The van der Waals surface area contributed by atoms with Gasteiger partial charge < -0.3 is 15.2 Å². The van der Waals surface area contributed by atoms with Crippen molar-refractivity contribution < 1.29 is 14.6 Å². The SMILES string of the molecule is O=c1[nH]c2ccc(O)c(-c3ccc(F)c(O)c3)c2c2ccsc12. The molecule has 2 heterocycles. The van der Waals surface area contributed by atoms with Gasteiger partial charge in [0.1, 0.15) is 10.4 Å². The largest absolute Gasteiger partial charge is 0.507 e. The van der Waals surface area contributed by atoms with E-state index >= 15 is 0 Å². The van der Waals surface area contributed by atoms with Crippen molar-refractivity contribution in [1.29, 1.82) is 0 Å². The van der Waals surface area contributed by atoms with Gasteiger partial charge in [-0.15, -0.1) is 11.3 Å². The summed E-state index contributed by atoms with van der Waals surface area (Å²) in [5.74, 6) is -1.24. The number of aromatic hydroxyl groups is 2. The number of benzene rings is 2. The fraction of sp³-hybridized carbons (Fsp3) is 0. The molecule has 0 bridgehead atoms. The monoisotopic (exact) mass is 327 g/mol. The Labute approximate surface area is 133 Å². The van der Waals surface area contributed by atoms with Crippen LogP contribution >= 0.6 is 11.3 Å². The Morgan fingerprint density at radius 3 is 2.65 bits per heavy atom. The van der Waals surface area contributed by atoms with Gasteiger partial charge in [-0.3, -0.25) is 4.79 Å². The molecule has 0 radical (unpaired) electrons. The first-order valence-corrected chi connectivity index (χ1v) is 7.68. The molecule has 0 spiro atoms. The second kappa shape index (κ2) is 4.82. The number of phenolic OH excluding ortho intramolecular Hbond substituents is 2. The number of phenols is 2. The van der Waals surface area contributed by atoms with Gasteiger partial charge in [0.25, 0.3) is 5.56 Å². The maximum Gasteiger partial charge on any atom is 0.266 e. The first-order valence-electron chi connectivity index (χ1n) is 6.80. The third-order valence-corrected chi connectivity index (χ3v) is 4.72. The average Bonchev–Trinajstić information content (AvgIpc) is 3.01. The number of H-pyrrole nitrogens is 1. The van der Waals surface area contributed by atoms with Crippen LogP contribution in [0.2, 0.25) is 0 Å². The zero-order valence-electron chi connectivity index (χ0n) is 11.6. The van der Waals surface area contributed by atoms with Crippen molar-refractivity contribution in [2.75, 3.05) is 0 Å². The van der Waals surface area contributed by atoms with Gasteiger partial charge in [0.05, 0.1) is 0 Å². The molecular formula is C17H10FNO3S. The van der Waals surface area contributed by atoms with Gasteiger partial charge in [0.2, 0.25) is 0 Å². The fourth-order valence-corrected chi connectivity index (χ4v) is 3.59. The molecule has 4 nitrogen and oxygen atoms in total. The lowest BCUT2D eigenvalue weighted by Gasteiger charge is -2.11. The minimum Gasteiger partial charge on any atom is -0.507 e. The Balaban J connectivity index is 2.21. The molecule has 2 aromatic carbocycles. The summed E-state index contributed by atoms with van der Waals surface area (Å²) in [5, 5.41) is 23.1. The molecule has 0 unspecified atom stereocenters. The highest BCUT2D eigenvalue weighted by Gasteiger charge is 2.16. The zero-order chi connectivity index (χ0) is 16.1. The lowest BCUT2D eigenvalue weighted by molar-refractivity contribution is 0.432. The van der Waals surface area contributed by atoms with Crippen molar-refractivity contribution in [2.45, 2.75) is 0 Å². The van der Waals surface area contributed by atoms with Crippen molar-refractivity contribution in [3.05, 3.63) is 57.9 Å². The summed E-state index contributed by atoms with van der Waals surface area (Å²) in [5.41, 5.74) is 1.28. The molecular weight excluding hydrogens is 317 g/mol. The summed E-state index contributed by atoms with van der Waals surface area (Å²) in [4.78, 5) is 14.9. The first-order chi connectivity index (χ1) is 11.1. The van der Waals surface area contributed by atoms with E-state index in [1.54, 1.807) is 11.4 Å². The number of thiophene rings is 1. The Bertz CT molecular complexity index is 1130. The van der Waals surface area contributed by atoms with E-state index < -0.39 is 11.6 Å². The Hall–Kier alpha value is -2.86. The van der Waals surface area contributed by atoms with Gasteiger partial charge in [-0.2, -0.15) is 0 Å². The van der Waals surface area contributed by atoms with E-state index in [1.165, 1.54) is 29.5 Å². The maximum absolute atomic E-state index is 13.3. The van der Waals surface area contributed by atoms with Crippen LogP contribution in [0.25, 0.3) is 32.1 Å². The van der Waals surface area contributed by atoms with Crippen LogP contribution < -0.4 is 5.56 Å². The highest BCUT2D eigenvalue weighted by atomic mass is 32.1. The van der Waals surface area contributed by atoms with E-state index in [0.29, 0.717) is 32.1 Å². The van der Waals surface area contributed by atoms with Gasteiger partial charge in [-0.05, 0) is 41.3 Å². The molecule has 4 aromatic rings. The first kappa shape index (κ1) is 13.8. The van der Waals surface area contributed by atoms with E-state index in [-0.39, 0.29) is 11.3 Å². The van der Waals surface area contributed by atoms with Crippen molar-refractivity contribution >= 4 is 32.3 Å². The number of aromatic nitrogens is 1. The summed E-state index contributed by atoms with van der Waals surface area (Å²) < 4.78 is 13.9. The third-order valence-electron chi connectivity index (χ3n) is 3.81. The average molecular weight is 327 g/mol. The fourth-order valence-electron chi connectivity index (χ4n) is 2.80. The van der Waals surface area contributed by atoms with Crippen molar-refractivity contribution in [3.8, 4) is 22.6 Å². The van der Waals surface area contributed by atoms with Gasteiger partial charge in [0, 0.05) is 21.9 Å². The van der Waals surface area contributed by atoms with Crippen LogP contribution in [0, 0.1) is 5.82 Å². The molecule has 3 N–H and O–H groups in total.